The highest BCUT2D eigenvalue weighted by Gasteiger charge is 2.15. The lowest BCUT2D eigenvalue weighted by Gasteiger charge is -2.08. The van der Waals surface area contributed by atoms with Gasteiger partial charge >= 0.3 is 0 Å². The maximum atomic E-state index is 12.1. The van der Waals surface area contributed by atoms with Crippen molar-refractivity contribution in [1.29, 1.82) is 0 Å². The smallest absolute Gasteiger partial charge is 0.263 e. The van der Waals surface area contributed by atoms with E-state index in [2.05, 4.69) is 25.6 Å². The van der Waals surface area contributed by atoms with Crippen LogP contribution in [0.2, 0.25) is 5.02 Å². The first-order valence-corrected chi connectivity index (χ1v) is 7.66. The fourth-order valence-corrected chi connectivity index (χ4v) is 3.06. The van der Waals surface area contributed by atoms with Crippen LogP contribution in [0.5, 0.6) is 5.75 Å². The molecular weight excluding hydrogens is 356 g/mol. The number of phenols is 1. The molecule has 0 atom stereocenters. The monoisotopic (exact) mass is 362 g/mol. The fraction of sp³-hybridized carbons (Fsp3) is 0. The number of pyridine rings is 1. The molecule has 0 saturated heterocycles. The molecule has 100 valence electrons. The number of anilines is 1. The quantitative estimate of drug-likeness (QED) is 0.822. The average Bonchev–Trinajstić information content (AvgIpc) is 2.33. The summed E-state index contributed by atoms with van der Waals surface area (Å²) >= 11 is 8.86. The Morgan fingerprint density at radius 2 is 2.00 bits per heavy atom. The molecule has 0 aliphatic carbocycles. The van der Waals surface area contributed by atoms with Gasteiger partial charge in [-0.05, 0) is 40.2 Å². The number of halogens is 2. The molecule has 0 aliphatic rings. The highest BCUT2D eigenvalue weighted by molar-refractivity contribution is 9.10. The standard InChI is InChI=1S/C11H8BrClN2O3S/c12-7-3-9(6-14-5-7)19(17,18)15-8-1-2-11(16)10(13)4-8/h1-6,15-16H. The summed E-state index contributed by atoms with van der Waals surface area (Å²) < 4.78 is 27.0. The van der Waals surface area contributed by atoms with Crippen molar-refractivity contribution in [2.75, 3.05) is 4.72 Å². The maximum absolute atomic E-state index is 12.1. The summed E-state index contributed by atoms with van der Waals surface area (Å²) in [5.41, 5.74) is 0.253. The molecule has 0 unspecified atom stereocenters. The molecule has 0 fully saturated rings. The van der Waals surface area contributed by atoms with Gasteiger partial charge in [-0.2, -0.15) is 0 Å². The van der Waals surface area contributed by atoms with E-state index in [9.17, 15) is 13.5 Å². The van der Waals surface area contributed by atoms with Gasteiger partial charge in [0.2, 0.25) is 0 Å². The molecule has 5 nitrogen and oxygen atoms in total. The SMILES string of the molecule is O=S(=O)(Nc1ccc(O)c(Cl)c1)c1cncc(Br)c1. The summed E-state index contributed by atoms with van der Waals surface area (Å²) in [4.78, 5) is 3.81. The summed E-state index contributed by atoms with van der Waals surface area (Å²) in [6.45, 7) is 0. The third kappa shape index (κ3) is 3.37. The van der Waals surface area contributed by atoms with E-state index >= 15 is 0 Å². The predicted molar refractivity (Wildman–Crippen MR) is 75.9 cm³/mol. The minimum atomic E-state index is -3.75. The number of hydrogen-bond donors (Lipinski definition) is 2. The lowest BCUT2D eigenvalue weighted by Crippen LogP contribution is -2.13. The Morgan fingerprint density at radius 3 is 2.63 bits per heavy atom. The topological polar surface area (TPSA) is 79.3 Å². The minimum absolute atomic E-state index is 0.0195. The highest BCUT2D eigenvalue weighted by Crippen LogP contribution is 2.27. The van der Waals surface area contributed by atoms with Gasteiger partial charge in [0.05, 0.1) is 10.7 Å². The Hall–Kier alpha value is -1.31. The molecule has 0 amide bonds. The molecule has 0 aliphatic heterocycles. The van der Waals surface area contributed by atoms with Crippen LogP contribution in [-0.2, 0) is 10.0 Å². The van der Waals surface area contributed by atoms with Gasteiger partial charge in [0.25, 0.3) is 10.0 Å². The van der Waals surface area contributed by atoms with E-state index in [1.807, 2.05) is 0 Å². The van der Waals surface area contributed by atoms with Gasteiger partial charge in [0.15, 0.2) is 0 Å². The van der Waals surface area contributed by atoms with Crippen LogP contribution in [0.1, 0.15) is 0 Å². The predicted octanol–water partition coefficient (Wildman–Crippen LogP) is 3.00. The molecule has 19 heavy (non-hydrogen) atoms. The van der Waals surface area contributed by atoms with Gasteiger partial charge in [-0.15, -0.1) is 0 Å². The number of aromatic nitrogens is 1. The molecule has 0 spiro atoms. The van der Waals surface area contributed by atoms with Crippen LogP contribution >= 0.6 is 27.5 Å². The van der Waals surface area contributed by atoms with Crippen LogP contribution in [0.25, 0.3) is 0 Å². The third-order valence-corrected chi connectivity index (χ3v) is 4.27. The van der Waals surface area contributed by atoms with E-state index in [4.69, 9.17) is 11.6 Å². The van der Waals surface area contributed by atoms with Crippen LogP contribution in [0.3, 0.4) is 0 Å². The van der Waals surface area contributed by atoms with Crippen molar-refractivity contribution in [3.8, 4) is 5.75 Å². The van der Waals surface area contributed by atoms with Crippen molar-refractivity contribution in [1.82, 2.24) is 4.98 Å². The average molecular weight is 364 g/mol. The Labute approximate surface area is 123 Å². The number of rotatable bonds is 3. The molecule has 8 heteroatoms. The number of sulfonamides is 1. The van der Waals surface area contributed by atoms with Gasteiger partial charge in [0.1, 0.15) is 10.6 Å². The van der Waals surface area contributed by atoms with E-state index in [0.717, 1.165) is 0 Å². The van der Waals surface area contributed by atoms with Gasteiger partial charge < -0.3 is 5.11 Å². The minimum Gasteiger partial charge on any atom is -0.506 e. The summed E-state index contributed by atoms with van der Waals surface area (Å²) in [5.74, 6) is -0.117. The van der Waals surface area contributed by atoms with E-state index in [-0.39, 0.29) is 21.4 Å². The van der Waals surface area contributed by atoms with Crippen molar-refractivity contribution in [2.24, 2.45) is 0 Å². The fourth-order valence-electron chi connectivity index (χ4n) is 1.32. The first-order valence-electron chi connectivity index (χ1n) is 5.00. The van der Waals surface area contributed by atoms with Crippen molar-refractivity contribution in [2.45, 2.75) is 4.90 Å². The zero-order chi connectivity index (χ0) is 14.0. The Morgan fingerprint density at radius 1 is 1.26 bits per heavy atom. The molecule has 1 aromatic carbocycles. The second-order valence-corrected chi connectivity index (χ2v) is 6.62. The highest BCUT2D eigenvalue weighted by atomic mass is 79.9. The van der Waals surface area contributed by atoms with Crippen LogP contribution in [0.4, 0.5) is 5.69 Å². The molecule has 1 heterocycles. The maximum Gasteiger partial charge on any atom is 0.263 e. The molecule has 0 bridgehead atoms. The van der Waals surface area contributed by atoms with Gasteiger partial charge in [-0.3, -0.25) is 9.71 Å². The molecule has 2 N–H and O–H groups in total. The van der Waals surface area contributed by atoms with Crippen LogP contribution in [-0.4, -0.2) is 18.5 Å². The van der Waals surface area contributed by atoms with E-state index in [1.165, 1.54) is 36.7 Å². The van der Waals surface area contributed by atoms with Gasteiger partial charge in [-0.1, -0.05) is 11.6 Å². The normalized spacial score (nSPS) is 11.3. The van der Waals surface area contributed by atoms with Crippen LogP contribution in [0.15, 0.2) is 46.0 Å². The molecular formula is C11H8BrClN2O3S. The number of hydrogen-bond acceptors (Lipinski definition) is 4. The first-order chi connectivity index (χ1) is 8.88. The number of benzene rings is 1. The van der Waals surface area contributed by atoms with Gasteiger partial charge in [-0.25, -0.2) is 8.42 Å². The number of nitrogens with zero attached hydrogens (tertiary/aromatic N) is 1. The lowest BCUT2D eigenvalue weighted by atomic mass is 10.3. The van der Waals surface area contributed by atoms with E-state index in [0.29, 0.717) is 4.47 Å². The van der Waals surface area contributed by atoms with Crippen LogP contribution < -0.4 is 4.72 Å². The number of nitrogens with one attached hydrogen (secondary N) is 1. The first kappa shape index (κ1) is 14.1. The summed E-state index contributed by atoms with van der Waals surface area (Å²) in [6, 6.07) is 5.46. The molecule has 0 saturated carbocycles. The zero-order valence-corrected chi connectivity index (χ0v) is 12.5. The second kappa shape index (κ2) is 5.36. The van der Waals surface area contributed by atoms with Crippen molar-refractivity contribution >= 4 is 43.2 Å². The summed E-state index contributed by atoms with van der Waals surface area (Å²) in [7, 11) is -3.75. The second-order valence-electron chi connectivity index (χ2n) is 3.61. The van der Waals surface area contributed by atoms with Gasteiger partial charge in [0, 0.05) is 16.9 Å². The van der Waals surface area contributed by atoms with Crippen LogP contribution in [0, 0.1) is 0 Å². The molecule has 1 aromatic heterocycles. The van der Waals surface area contributed by atoms with Crippen molar-refractivity contribution < 1.29 is 13.5 Å². The van der Waals surface area contributed by atoms with Crippen molar-refractivity contribution in [3.05, 3.63) is 46.2 Å². The Bertz CT molecular complexity index is 722. The molecule has 0 radical (unpaired) electrons. The van der Waals surface area contributed by atoms with E-state index < -0.39 is 10.0 Å². The summed E-state index contributed by atoms with van der Waals surface area (Å²) in [6.07, 6.45) is 2.71. The molecule has 2 rings (SSSR count). The Balaban J connectivity index is 2.33. The summed E-state index contributed by atoms with van der Waals surface area (Å²) in [5, 5.41) is 9.33. The van der Waals surface area contributed by atoms with E-state index in [1.54, 1.807) is 0 Å². The zero-order valence-electron chi connectivity index (χ0n) is 9.34. The number of phenolic OH excluding ortho intramolecular Hbond substituents is 1. The molecule has 2 aromatic rings. The number of aromatic hydroxyl groups is 1. The van der Waals surface area contributed by atoms with Crippen molar-refractivity contribution in [3.63, 3.8) is 0 Å². The lowest BCUT2D eigenvalue weighted by molar-refractivity contribution is 0.475. The Kier molecular flexibility index (Phi) is 3.98. The largest absolute Gasteiger partial charge is 0.506 e. The third-order valence-electron chi connectivity index (χ3n) is 2.19.